The van der Waals surface area contributed by atoms with Crippen LogP contribution < -0.4 is 5.32 Å². The van der Waals surface area contributed by atoms with E-state index >= 15 is 0 Å². The van der Waals surface area contributed by atoms with E-state index in [9.17, 15) is 9.59 Å². The molecular weight excluding hydrogens is 266 g/mol. The zero-order valence-corrected chi connectivity index (χ0v) is 12.1. The molecule has 0 radical (unpaired) electrons. The minimum Gasteiger partial charge on any atom is -0.353 e. The van der Waals surface area contributed by atoms with E-state index < -0.39 is 0 Å². The van der Waals surface area contributed by atoms with Crippen molar-refractivity contribution in [1.29, 1.82) is 0 Å². The van der Waals surface area contributed by atoms with Crippen molar-refractivity contribution in [3.63, 3.8) is 0 Å². The Morgan fingerprint density at radius 2 is 1.95 bits per heavy atom. The molecule has 2 heterocycles. The first-order chi connectivity index (χ1) is 10.2. The van der Waals surface area contributed by atoms with Gasteiger partial charge in [0.05, 0.1) is 5.56 Å². The molecule has 0 unspecified atom stereocenters. The number of aromatic nitrogens is 1. The highest BCUT2D eigenvalue weighted by Gasteiger charge is 2.29. The van der Waals surface area contributed by atoms with Crippen molar-refractivity contribution >= 4 is 11.8 Å². The Hall–Kier alpha value is -1.91. The zero-order chi connectivity index (χ0) is 14.7. The van der Waals surface area contributed by atoms with E-state index in [0.29, 0.717) is 18.7 Å². The third-order valence-corrected chi connectivity index (χ3v) is 4.51. The first-order valence-electron chi connectivity index (χ1n) is 7.74. The van der Waals surface area contributed by atoms with Gasteiger partial charge in [0.25, 0.3) is 5.91 Å². The van der Waals surface area contributed by atoms with Gasteiger partial charge in [-0.3, -0.25) is 14.6 Å². The van der Waals surface area contributed by atoms with E-state index in [0.717, 1.165) is 25.7 Å². The number of hydrogen-bond donors (Lipinski definition) is 1. The lowest BCUT2D eigenvalue weighted by molar-refractivity contribution is -0.128. The van der Waals surface area contributed by atoms with E-state index in [2.05, 4.69) is 10.3 Å². The minimum atomic E-state index is 0.0341. The lowest BCUT2D eigenvalue weighted by atomic mass is 9.84. The molecule has 2 fully saturated rings. The van der Waals surface area contributed by atoms with Crippen molar-refractivity contribution in [3.8, 4) is 0 Å². The fourth-order valence-corrected chi connectivity index (χ4v) is 2.89. The van der Waals surface area contributed by atoms with Crippen molar-refractivity contribution in [2.24, 2.45) is 5.92 Å². The molecule has 1 aromatic heterocycles. The maximum atomic E-state index is 12.3. The smallest absolute Gasteiger partial charge is 0.255 e. The van der Waals surface area contributed by atoms with Crippen LogP contribution in [0, 0.1) is 5.92 Å². The standard InChI is InChI=1S/C16H21N3O2/c20-15(12-3-1-4-12)18-14-6-9-19(10-7-14)16(21)13-5-2-8-17-11-13/h2,5,8,11-12,14H,1,3-4,6-7,9-10H2,(H,18,20). The van der Waals surface area contributed by atoms with Crippen LogP contribution >= 0.6 is 0 Å². The molecule has 0 spiro atoms. The Morgan fingerprint density at radius 3 is 2.52 bits per heavy atom. The molecule has 21 heavy (non-hydrogen) atoms. The molecule has 2 amide bonds. The maximum Gasteiger partial charge on any atom is 0.255 e. The molecule has 1 aromatic rings. The third kappa shape index (κ3) is 3.23. The highest BCUT2D eigenvalue weighted by molar-refractivity contribution is 5.93. The highest BCUT2D eigenvalue weighted by Crippen LogP contribution is 2.26. The predicted molar refractivity (Wildman–Crippen MR) is 78.6 cm³/mol. The summed E-state index contributed by atoms with van der Waals surface area (Å²) in [7, 11) is 0. The number of pyridine rings is 1. The summed E-state index contributed by atoms with van der Waals surface area (Å²) >= 11 is 0. The number of amides is 2. The van der Waals surface area contributed by atoms with Gasteiger partial charge in [-0.2, -0.15) is 0 Å². The van der Waals surface area contributed by atoms with Crippen LogP contribution in [0.4, 0.5) is 0 Å². The van der Waals surface area contributed by atoms with E-state index in [4.69, 9.17) is 0 Å². The summed E-state index contributed by atoms with van der Waals surface area (Å²) in [6, 6.07) is 3.79. The van der Waals surface area contributed by atoms with Crippen LogP contribution in [0.25, 0.3) is 0 Å². The Balaban J connectivity index is 1.48. The first-order valence-corrected chi connectivity index (χ1v) is 7.74. The van der Waals surface area contributed by atoms with Gasteiger partial charge in [0.1, 0.15) is 0 Å². The van der Waals surface area contributed by atoms with Gasteiger partial charge in [-0.15, -0.1) is 0 Å². The summed E-state index contributed by atoms with van der Waals surface area (Å²) in [5.41, 5.74) is 0.634. The molecule has 1 aliphatic heterocycles. The van der Waals surface area contributed by atoms with Crippen LogP contribution in [-0.2, 0) is 4.79 Å². The van der Waals surface area contributed by atoms with Crippen LogP contribution in [0.15, 0.2) is 24.5 Å². The SMILES string of the molecule is O=C(NC1CCN(C(=O)c2cccnc2)CC1)C1CCC1. The number of rotatable bonds is 3. The Labute approximate surface area is 124 Å². The molecule has 1 aliphatic carbocycles. The van der Waals surface area contributed by atoms with Crippen molar-refractivity contribution in [3.05, 3.63) is 30.1 Å². The van der Waals surface area contributed by atoms with Crippen LogP contribution in [0.5, 0.6) is 0 Å². The zero-order valence-electron chi connectivity index (χ0n) is 12.1. The molecule has 1 N–H and O–H groups in total. The summed E-state index contributed by atoms with van der Waals surface area (Å²) in [4.78, 5) is 30.1. The molecule has 112 valence electrons. The fraction of sp³-hybridized carbons (Fsp3) is 0.562. The quantitative estimate of drug-likeness (QED) is 0.918. The van der Waals surface area contributed by atoms with E-state index in [-0.39, 0.29) is 23.8 Å². The number of hydrogen-bond acceptors (Lipinski definition) is 3. The summed E-state index contributed by atoms with van der Waals surface area (Å²) < 4.78 is 0. The number of nitrogens with one attached hydrogen (secondary N) is 1. The van der Waals surface area contributed by atoms with E-state index in [1.54, 1.807) is 24.5 Å². The molecule has 2 aliphatic rings. The third-order valence-electron chi connectivity index (χ3n) is 4.51. The molecule has 0 bridgehead atoms. The second kappa shape index (κ2) is 6.24. The number of likely N-dealkylation sites (tertiary alicyclic amines) is 1. The maximum absolute atomic E-state index is 12.3. The average Bonchev–Trinajstić information content (AvgIpc) is 2.46. The molecule has 5 nitrogen and oxygen atoms in total. The molecule has 0 atom stereocenters. The van der Waals surface area contributed by atoms with Gasteiger partial charge >= 0.3 is 0 Å². The van der Waals surface area contributed by atoms with Gasteiger partial charge < -0.3 is 10.2 Å². The van der Waals surface area contributed by atoms with Crippen molar-refractivity contribution in [1.82, 2.24) is 15.2 Å². The number of nitrogens with zero attached hydrogens (tertiary/aromatic N) is 2. The minimum absolute atomic E-state index is 0.0341. The molecular formula is C16H21N3O2. The Morgan fingerprint density at radius 1 is 1.19 bits per heavy atom. The molecule has 5 heteroatoms. The normalized spacial score (nSPS) is 19.9. The highest BCUT2D eigenvalue weighted by atomic mass is 16.2. The molecule has 0 aromatic carbocycles. The van der Waals surface area contributed by atoms with Crippen LogP contribution in [0.2, 0.25) is 0 Å². The second-order valence-electron chi connectivity index (χ2n) is 5.94. The average molecular weight is 287 g/mol. The predicted octanol–water partition coefficient (Wildman–Crippen LogP) is 1.60. The van der Waals surface area contributed by atoms with Gasteiger partial charge in [-0.1, -0.05) is 6.42 Å². The summed E-state index contributed by atoms with van der Waals surface area (Å²) in [5.74, 6) is 0.477. The van der Waals surface area contributed by atoms with Crippen LogP contribution in [-0.4, -0.2) is 40.8 Å². The topological polar surface area (TPSA) is 62.3 Å². The van der Waals surface area contributed by atoms with Gasteiger partial charge in [0, 0.05) is 37.4 Å². The van der Waals surface area contributed by atoms with Crippen molar-refractivity contribution in [2.75, 3.05) is 13.1 Å². The van der Waals surface area contributed by atoms with Gasteiger partial charge in [-0.05, 0) is 37.8 Å². The Kier molecular flexibility index (Phi) is 4.18. The monoisotopic (exact) mass is 287 g/mol. The van der Waals surface area contributed by atoms with Gasteiger partial charge in [0.2, 0.25) is 5.91 Å². The first kappa shape index (κ1) is 14.0. The molecule has 1 saturated heterocycles. The number of carbonyl (C=O) groups is 2. The van der Waals surface area contributed by atoms with Crippen LogP contribution in [0.1, 0.15) is 42.5 Å². The number of piperidine rings is 1. The van der Waals surface area contributed by atoms with Crippen molar-refractivity contribution < 1.29 is 9.59 Å². The number of carbonyl (C=O) groups excluding carboxylic acids is 2. The Bertz CT molecular complexity index is 506. The molecule has 1 saturated carbocycles. The van der Waals surface area contributed by atoms with Crippen LogP contribution in [0.3, 0.4) is 0 Å². The van der Waals surface area contributed by atoms with Gasteiger partial charge in [0.15, 0.2) is 0 Å². The summed E-state index contributed by atoms with van der Waals surface area (Å²) in [6.07, 6.45) is 8.19. The lowest BCUT2D eigenvalue weighted by Crippen LogP contribution is -2.48. The lowest BCUT2D eigenvalue weighted by Gasteiger charge is -2.34. The summed E-state index contributed by atoms with van der Waals surface area (Å²) in [5, 5.41) is 3.13. The van der Waals surface area contributed by atoms with Crippen molar-refractivity contribution in [2.45, 2.75) is 38.1 Å². The second-order valence-corrected chi connectivity index (χ2v) is 5.94. The molecule has 3 rings (SSSR count). The summed E-state index contributed by atoms with van der Waals surface area (Å²) in [6.45, 7) is 1.40. The largest absolute Gasteiger partial charge is 0.353 e. The van der Waals surface area contributed by atoms with Gasteiger partial charge in [-0.25, -0.2) is 0 Å². The van der Waals surface area contributed by atoms with E-state index in [1.165, 1.54) is 6.42 Å². The fourth-order valence-electron chi connectivity index (χ4n) is 2.89. The van der Waals surface area contributed by atoms with E-state index in [1.807, 2.05) is 4.90 Å².